The van der Waals surface area contributed by atoms with E-state index in [1.165, 1.54) is 0 Å². The SMILES string of the molecule is CC(=O)CCc1ccc2c(n1)N(C(=O)OC(C)(C)C)CCC2. The van der Waals surface area contributed by atoms with Crippen molar-refractivity contribution in [1.29, 1.82) is 0 Å². The zero-order valence-electron chi connectivity index (χ0n) is 13.8. The lowest BCUT2D eigenvalue weighted by Crippen LogP contribution is -2.40. The van der Waals surface area contributed by atoms with Gasteiger partial charge in [0.25, 0.3) is 0 Å². The van der Waals surface area contributed by atoms with Crippen LogP contribution in [0.15, 0.2) is 12.1 Å². The predicted molar refractivity (Wildman–Crippen MR) is 85.1 cm³/mol. The first kappa shape index (κ1) is 16.5. The molecule has 1 aliphatic heterocycles. The zero-order chi connectivity index (χ0) is 16.3. The molecule has 0 atom stereocenters. The summed E-state index contributed by atoms with van der Waals surface area (Å²) in [4.78, 5) is 29.7. The number of pyridine rings is 1. The molecule has 0 aliphatic carbocycles. The summed E-state index contributed by atoms with van der Waals surface area (Å²) >= 11 is 0. The van der Waals surface area contributed by atoms with Crippen molar-refractivity contribution in [3.8, 4) is 0 Å². The molecule has 0 aromatic carbocycles. The molecule has 1 aromatic rings. The summed E-state index contributed by atoms with van der Waals surface area (Å²) in [6.07, 6.45) is 2.53. The van der Waals surface area contributed by atoms with Crippen LogP contribution in [0.3, 0.4) is 0 Å². The number of ether oxygens (including phenoxy) is 1. The van der Waals surface area contributed by atoms with Gasteiger partial charge >= 0.3 is 6.09 Å². The normalized spacial score (nSPS) is 14.5. The quantitative estimate of drug-likeness (QED) is 0.859. The van der Waals surface area contributed by atoms with E-state index in [-0.39, 0.29) is 11.9 Å². The first-order valence-corrected chi connectivity index (χ1v) is 7.75. The smallest absolute Gasteiger partial charge is 0.416 e. The van der Waals surface area contributed by atoms with Crippen LogP contribution in [0.5, 0.6) is 0 Å². The molecule has 1 aromatic heterocycles. The van der Waals surface area contributed by atoms with Crippen molar-refractivity contribution in [1.82, 2.24) is 4.98 Å². The molecule has 0 spiro atoms. The Morgan fingerprint density at radius 1 is 1.32 bits per heavy atom. The van der Waals surface area contributed by atoms with E-state index in [0.29, 0.717) is 25.2 Å². The van der Waals surface area contributed by atoms with Gasteiger partial charge in [0, 0.05) is 18.7 Å². The van der Waals surface area contributed by atoms with E-state index in [1.807, 2.05) is 32.9 Å². The van der Waals surface area contributed by atoms with E-state index in [1.54, 1.807) is 11.8 Å². The molecule has 0 saturated heterocycles. The Labute approximate surface area is 131 Å². The fraction of sp³-hybridized carbons (Fsp3) is 0.588. The van der Waals surface area contributed by atoms with E-state index < -0.39 is 5.60 Å². The van der Waals surface area contributed by atoms with Gasteiger partial charge in [-0.2, -0.15) is 0 Å². The Bertz CT molecular complexity index is 576. The van der Waals surface area contributed by atoms with E-state index in [2.05, 4.69) is 4.98 Å². The highest BCUT2D eigenvalue weighted by Gasteiger charge is 2.28. The predicted octanol–water partition coefficient (Wildman–Crippen LogP) is 3.29. The van der Waals surface area contributed by atoms with Crippen LogP contribution < -0.4 is 4.90 Å². The molecule has 2 rings (SSSR count). The number of carbonyl (C=O) groups excluding carboxylic acids is 2. The minimum absolute atomic E-state index is 0.142. The number of hydrogen-bond donors (Lipinski definition) is 0. The fourth-order valence-electron chi connectivity index (χ4n) is 2.42. The third kappa shape index (κ3) is 4.29. The van der Waals surface area contributed by atoms with Crippen molar-refractivity contribution in [3.05, 3.63) is 23.4 Å². The first-order chi connectivity index (χ1) is 10.3. The topological polar surface area (TPSA) is 59.5 Å². The molecular formula is C17H24N2O3. The van der Waals surface area contributed by atoms with Crippen molar-refractivity contribution >= 4 is 17.7 Å². The van der Waals surface area contributed by atoms with Crippen LogP contribution in [0.2, 0.25) is 0 Å². The maximum atomic E-state index is 12.4. The van der Waals surface area contributed by atoms with Gasteiger partial charge in [-0.3, -0.25) is 4.90 Å². The Morgan fingerprint density at radius 2 is 2.05 bits per heavy atom. The number of ketones is 1. The van der Waals surface area contributed by atoms with Crippen molar-refractivity contribution < 1.29 is 14.3 Å². The zero-order valence-corrected chi connectivity index (χ0v) is 13.8. The summed E-state index contributed by atoms with van der Waals surface area (Å²) in [6.45, 7) is 7.75. The average Bonchev–Trinajstić information content (AvgIpc) is 2.42. The second kappa shape index (κ2) is 6.46. The molecule has 2 heterocycles. The molecule has 0 unspecified atom stereocenters. The maximum absolute atomic E-state index is 12.4. The summed E-state index contributed by atoms with van der Waals surface area (Å²) in [6, 6.07) is 3.95. The van der Waals surface area contributed by atoms with Crippen molar-refractivity contribution in [2.45, 2.75) is 59.0 Å². The van der Waals surface area contributed by atoms with E-state index in [0.717, 1.165) is 24.1 Å². The van der Waals surface area contributed by atoms with Crippen LogP contribution >= 0.6 is 0 Å². The minimum Gasteiger partial charge on any atom is -0.443 e. The summed E-state index contributed by atoms with van der Waals surface area (Å²) in [5.41, 5.74) is 1.37. The average molecular weight is 304 g/mol. The maximum Gasteiger partial charge on any atom is 0.416 e. The second-order valence-corrected chi connectivity index (χ2v) is 6.72. The summed E-state index contributed by atoms with van der Waals surface area (Å²) in [5, 5.41) is 0. The van der Waals surface area contributed by atoms with Crippen molar-refractivity contribution in [3.63, 3.8) is 0 Å². The van der Waals surface area contributed by atoms with Crippen molar-refractivity contribution in [2.75, 3.05) is 11.4 Å². The third-order valence-electron chi connectivity index (χ3n) is 3.44. The molecule has 0 radical (unpaired) electrons. The van der Waals surface area contributed by atoms with Gasteiger partial charge in [0.05, 0.1) is 0 Å². The summed E-state index contributed by atoms with van der Waals surface area (Å²) < 4.78 is 5.46. The molecular weight excluding hydrogens is 280 g/mol. The number of hydrogen-bond acceptors (Lipinski definition) is 4. The van der Waals surface area contributed by atoms with Gasteiger partial charge in [0.2, 0.25) is 0 Å². The Hall–Kier alpha value is -1.91. The van der Waals surface area contributed by atoms with Crippen molar-refractivity contribution in [2.24, 2.45) is 0 Å². The lowest BCUT2D eigenvalue weighted by atomic mass is 10.0. The highest BCUT2D eigenvalue weighted by Crippen LogP contribution is 2.27. The van der Waals surface area contributed by atoms with Crippen LogP contribution in [0, 0.1) is 0 Å². The molecule has 5 nitrogen and oxygen atoms in total. The first-order valence-electron chi connectivity index (χ1n) is 7.75. The number of carbonyl (C=O) groups is 2. The number of Topliss-reactive ketones (excluding diaryl/α,β-unsaturated/α-hetero) is 1. The van der Waals surface area contributed by atoms with Gasteiger partial charge in [-0.05, 0) is 58.6 Å². The summed E-state index contributed by atoms with van der Waals surface area (Å²) in [5.74, 6) is 0.824. The standard InChI is InChI=1S/C17H24N2O3/c1-12(20)7-9-14-10-8-13-6-5-11-19(15(13)18-14)16(21)22-17(2,3)4/h8,10H,5-7,9,11H2,1-4H3. The summed E-state index contributed by atoms with van der Waals surface area (Å²) in [7, 11) is 0. The molecule has 120 valence electrons. The molecule has 0 saturated carbocycles. The molecule has 22 heavy (non-hydrogen) atoms. The Balaban J connectivity index is 2.22. The number of aryl methyl sites for hydroxylation is 2. The highest BCUT2D eigenvalue weighted by molar-refractivity contribution is 5.88. The number of anilines is 1. The molecule has 1 amide bonds. The fourth-order valence-corrected chi connectivity index (χ4v) is 2.42. The van der Waals surface area contributed by atoms with Crippen LogP contribution in [0.25, 0.3) is 0 Å². The monoisotopic (exact) mass is 304 g/mol. The molecule has 5 heteroatoms. The lowest BCUT2D eigenvalue weighted by molar-refractivity contribution is -0.117. The van der Waals surface area contributed by atoms with Gasteiger partial charge in [0.1, 0.15) is 17.2 Å². The van der Waals surface area contributed by atoms with E-state index in [4.69, 9.17) is 4.74 Å². The van der Waals surface area contributed by atoms with E-state index >= 15 is 0 Å². The van der Waals surface area contributed by atoms with Crippen LogP contribution in [-0.4, -0.2) is 29.0 Å². The van der Waals surface area contributed by atoms with Crippen LogP contribution in [0.4, 0.5) is 10.6 Å². The number of fused-ring (bicyclic) bond motifs is 1. The van der Waals surface area contributed by atoms with Gasteiger partial charge in [-0.25, -0.2) is 9.78 Å². The van der Waals surface area contributed by atoms with Gasteiger partial charge in [0.15, 0.2) is 0 Å². The van der Waals surface area contributed by atoms with Crippen LogP contribution in [-0.2, 0) is 22.4 Å². The number of aromatic nitrogens is 1. The highest BCUT2D eigenvalue weighted by atomic mass is 16.6. The number of nitrogens with zero attached hydrogens (tertiary/aromatic N) is 2. The number of amides is 1. The molecule has 0 fully saturated rings. The third-order valence-corrected chi connectivity index (χ3v) is 3.44. The Morgan fingerprint density at radius 3 is 2.68 bits per heavy atom. The lowest BCUT2D eigenvalue weighted by Gasteiger charge is -2.31. The van der Waals surface area contributed by atoms with E-state index in [9.17, 15) is 9.59 Å². The van der Waals surface area contributed by atoms with Gasteiger partial charge < -0.3 is 9.53 Å². The Kier molecular flexibility index (Phi) is 4.84. The second-order valence-electron chi connectivity index (χ2n) is 6.72. The molecule has 0 bridgehead atoms. The molecule has 0 N–H and O–H groups in total. The van der Waals surface area contributed by atoms with Crippen LogP contribution in [0.1, 0.15) is 51.8 Å². The minimum atomic E-state index is -0.527. The van der Waals surface area contributed by atoms with Gasteiger partial charge in [-0.15, -0.1) is 0 Å². The van der Waals surface area contributed by atoms with Gasteiger partial charge in [-0.1, -0.05) is 6.07 Å². The largest absolute Gasteiger partial charge is 0.443 e. The molecule has 1 aliphatic rings. The number of rotatable bonds is 3.